The number of nitrogens with one attached hydrogen (secondary N) is 1. The van der Waals surface area contributed by atoms with Gasteiger partial charge < -0.3 is 10.4 Å². The number of aliphatic hydroxyl groups excluding tert-OH is 1. The van der Waals surface area contributed by atoms with Crippen LogP contribution in [0.1, 0.15) is 6.42 Å². The van der Waals surface area contributed by atoms with Crippen LogP contribution in [0.3, 0.4) is 0 Å². The Morgan fingerprint density at radius 3 is 2.89 bits per heavy atom. The predicted molar refractivity (Wildman–Crippen MR) is 33.5 cm³/mol. The molecule has 0 atom stereocenters. The number of amides is 1. The lowest BCUT2D eigenvalue weighted by atomic mass is 10.4. The standard InChI is InChI=1S/C6H9NO2/c1-2-3-6(9)7-4-5-8/h1,8H,3-5H2,(H,7,9). The third-order valence-electron chi connectivity index (χ3n) is 0.697. The first kappa shape index (κ1) is 7.99. The Bertz CT molecular complexity index is 126. The normalized spacial score (nSPS) is 8.00. The minimum Gasteiger partial charge on any atom is -0.395 e. The number of rotatable bonds is 3. The second kappa shape index (κ2) is 5.13. The topological polar surface area (TPSA) is 49.3 Å². The van der Waals surface area contributed by atoms with E-state index in [4.69, 9.17) is 11.5 Å². The Labute approximate surface area is 54.1 Å². The van der Waals surface area contributed by atoms with Crippen LogP contribution in [0.25, 0.3) is 0 Å². The van der Waals surface area contributed by atoms with Gasteiger partial charge in [0.15, 0.2) is 0 Å². The highest BCUT2D eigenvalue weighted by Gasteiger charge is 1.93. The first-order valence-corrected chi connectivity index (χ1v) is 2.62. The van der Waals surface area contributed by atoms with Crippen LogP contribution in [0.15, 0.2) is 0 Å². The molecule has 0 bridgehead atoms. The van der Waals surface area contributed by atoms with E-state index in [0.29, 0.717) is 0 Å². The second-order valence-corrected chi connectivity index (χ2v) is 1.45. The number of hydrogen-bond acceptors (Lipinski definition) is 2. The molecule has 0 heterocycles. The highest BCUT2D eigenvalue weighted by Crippen LogP contribution is 1.72. The lowest BCUT2D eigenvalue weighted by Gasteiger charge is -1.96. The summed E-state index contributed by atoms with van der Waals surface area (Å²) in [6.07, 6.45) is 4.91. The van der Waals surface area contributed by atoms with Gasteiger partial charge in [0.25, 0.3) is 0 Å². The molecule has 9 heavy (non-hydrogen) atoms. The van der Waals surface area contributed by atoms with Gasteiger partial charge in [0.1, 0.15) is 0 Å². The van der Waals surface area contributed by atoms with Crippen LogP contribution >= 0.6 is 0 Å². The van der Waals surface area contributed by atoms with E-state index in [1.54, 1.807) is 0 Å². The molecule has 0 aromatic rings. The van der Waals surface area contributed by atoms with Gasteiger partial charge in [-0.2, -0.15) is 0 Å². The SMILES string of the molecule is C#CCC(=O)NCCO. The summed E-state index contributed by atoms with van der Waals surface area (Å²) in [5.41, 5.74) is 0. The van der Waals surface area contributed by atoms with E-state index >= 15 is 0 Å². The molecular formula is C6H9NO2. The van der Waals surface area contributed by atoms with E-state index in [0.717, 1.165) is 0 Å². The Hall–Kier alpha value is -1.01. The molecular weight excluding hydrogens is 118 g/mol. The van der Waals surface area contributed by atoms with E-state index in [1.165, 1.54) is 0 Å². The van der Waals surface area contributed by atoms with E-state index in [9.17, 15) is 4.79 Å². The summed E-state index contributed by atoms with van der Waals surface area (Å²) in [6.45, 7) is 0.233. The number of carbonyl (C=O) groups excluding carboxylic acids is 1. The number of terminal acetylenes is 1. The summed E-state index contributed by atoms with van der Waals surface area (Å²) >= 11 is 0. The van der Waals surface area contributed by atoms with Crippen molar-refractivity contribution in [1.82, 2.24) is 5.32 Å². The fourth-order valence-corrected chi connectivity index (χ4v) is 0.351. The third-order valence-corrected chi connectivity index (χ3v) is 0.697. The van der Waals surface area contributed by atoms with Gasteiger partial charge in [-0.3, -0.25) is 4.79 Å². The molecule has 3 heteroatoms. The third kappa shape index (κ3) is 4.85. The van der Waals surface area contributed by atoms with Gasteiger partial charge in [-0.05, 0) is 0 Å². The van der Waals surface area contributed by atoms with Crippen LogP contribution in [-0.4, -0.2) is 24.2 Å². The Balaban J connectivity index is 3.19. The van der Waals surface area contributed by atoms with Gasteiger partial charge in [-0.25, -0.2) is 0 Å². The van der Waals surface area contributed by atoms with Crippen LogP contribution < -0.4 is 5.32 Å². The maximum atomic E-state index is 10.4. The molecule has 0 radical (unpaired) electrons. The van der Waals surface area contributed by atoms with Crippen LogP contribution in [-0.2, 0) is 4.79 Å². The Morgan fingerprint density at radius 2 is 2.44 bits per heavy atom. The lowest BCUT2D eigenvalue weighted by molar-refractivity contribution is -0.120. The largest absolute Gasteiger partial charge is 0.395 e. The van der Waals surface area contributed by atoms with Crippen LogP contribution in [0.5, 0.6) is 0 Å². The molecule has 0 rings (SSSR count). The van der Waals surface area contributed by atoms with Crippen molar-refractivity contribution in [2.45, 2.75) is 6.42 Å². The molecule has 0 spiro atoms. The molecule has 0 aromatic carbocycles. The Morgan fingerprint density at radius 1 is 1.78 bits per heavy atom. The van der Waals surface area contributed by atoms with Crippen molar-refractivity contribution in [3.05, 3.63) is 0 Å². The molecule has 0 aliphatic carbocycles. The smallest absolute Gasteiger partial charge is 0.232 e. The summed E-state index contributed by atoms with van der Waals surface area (Å²) in [7, 11) is 0. The van der Waals surface area contributed by atoms with E-state index in [-0.39, 0.29) is 25.5 Å². The fourth-order valence-electron chi connectivity index (χ4n) is 0.351. The molecule has 2 N–H and O–H groups in total. The minimum atomic E-state index is -0.216. The van der Waals surface area contributed by atoms with E-state index in [1.807, 2.05) is 0 Å². The van der Waals surface area contributed by atoms with Crippen LogP contribution in [0.4, 0.5) is 0 Å². The first-order valence-electron chi connectivity index (χ1n) is 2.62. The zero-order valence-corrected chi connectivity index (χ0v) is 5.05. The van der Waals surface area contributed by atoms with Gasteiger partial charge >= 0.3 is 0 Å². The van der Waals surface area contributed by atoms with Crippen molar-refractivity contribution in [2.24, 2.45) is 0 Å². The van der Waals surface area contributed by atoms with Crippen molar-refractivity contribution in [3.8, 4) is 12.3 Å². The van der Waals surface area contributed by atoms with Crippen molar-refractivity contribution in [1.29, 1.82) is 0 Å². The molecule has 0 saturated heterocycles. The fraction of sp³-hybridized carbons (Fsp3) is 0.500. The van der Waals surface area contributed by atoms with Crippen molar-refractivity contribution < 1.29 is 9.90 Å². The average molecular weight is 127 g/mol. The summed E-state index contributed by atoms with van der Waals surface area (Å²) in [5.74, 6) is 1.97. The second-order valence-electron chi connectivity index (χ2n) is 1.45. The zero-order chi connectivity index (χ0) is 7.11. The van der Waals surface area contributed by atoms with Crippen molar-refractivity contribution in [2.75, 3.05) is 13.2 Å². The molecule has 0 aliphatic rings. The van der Waals surface area contributed by atoms with Crippen LogP contribution in [0.2, 0.25) is 0 Å². The molecule has 50 valence electrons. The number of carbonyl (C=O) groups is 1. The number of aliphatic hydroxyl groups is 1. The monoisotopic (exact) mass is 127 g/mol. The summed E-state index contributed by atoms with van der Waals surface area (Å²) < 4.78 is 0. The zero-order valence-electron chi connectivity index (χ0n) is 5.05. The quantitative estimate of drug-likeness (QED) is 0.483. The van der Waals surface area contributed by atoms with Gasteiger partial charge in [0, 0.05) is 6.54 Å². The average Bonchev–Trinajstić information content (AvgIpc) is 1.85. The molecule has 1 amide bonds. The molecule has 0 aliphatic heterocycles. The molecule has 0 saturated carbocycles. The molecule has 3 nitrogen and oxygen atoms in total. The maximum Gasteiger partial charge on any atom is 0.232 e. The highest BCUT2D eigenvalue weighted by molar-refractivity contribution is 5.78. The number of hydrogen-bond donors (Lipinski definition) is 2. The van der Waals surface area contributed by atoms with E-state index in [2.05, 4.69) is 11.2 Å². The maximum absolute atomic E-state index is 10.4. The first-order chi connectivity index (χ1) is 4.31. The highest BCUT2D eigenvalue weighted by atomic mass is 16.3. The summed E-state index contributed by atoms with van der Waals surface area (Å²) in [4.78, 5) is 10.4. The van der Waals surface area contributed by atoms with Crippen LogP contribution in [0, 0.1) is 12.3 Å². The Kier molecular flexibility index (Phi) is 4.56. The summed E-state index contributed by atoms with van der Waals surface area (Å²) in [5, 5.41) is 10.6. The summed E-state index contributed by atoms with van der Waals surface area (Å²) in [6, 6.07) is 0. The van der Waals surface area contributed by atoms with Gasteiger partial charge in [-0.1, -0.05) is 5.92 Å². The predicted octanol–water partition coefficient (Wildman–Crippen LogP) is -0.882. The van der Waals surface area contributed by atoms with Crippen molar-refractivity contribution >= 4 is 5.91 Å². The van der Waals surface area contributed by atoms with Gasteiger partial charge in [-0.15, -0.1) is 6.42 Å². The lowest BCUT2D eigenvalue weighted by Crippen LogP contribution is -2.25. The molecule has 0 unspecified atom stereocenters. The molecule has 0 fully saturated rings. The molecule has 0 aromatic heterocycles. The van der Waals surface area contributed by atoms with Crippen molar-refractivity contribution in [3.63, 3.8) is 0 Å². The van der Waals surface area contributed by atoms with Gasteiger partial charge in [0.2, 0.25) is 5.91 Å². The minimum absolute atomic E-state index is 0.0453. The van der Waals surface area contributed by atoms with E-state index < -0.39 is 0 Å². The van der Waals surface area contributed by atoms with Gasteiger partial charge in [0.05, 0.1) is 13.0 Å².